The molecule has 0 aliphatic carbocycles. The number of hydrogen-bond donors (Lipinski definition) is 1. The Balaban J connectivity index is 1.54. The van der Waals surface area contributed by atoms with Gasteiger partial charge in [-0.25, -0.2) is 4.79 Å². The normalized spacial score (nSPS) is 16.4. The quantitative estimate of drug-likeness (QED) is 0.651. The fourth-order valence-corrected chi connectivity index (χ4v) is 3.85. The second-order valence-electron chi connectivity index (χ2n) is 7.24. The van der Waals surface area contributed by atoms with Crippen LogP contribution < -0.4 is 15.4 Å². The standard InChI is InChI=1S/C20H24N6O3/c1-25-18-15(10-22-25)17(21)23-20(24-18)26-7-6-12(11-26)8-14-9-13(19(27)29-3)4-5-16(14)28-2/h4-5,9-10,12H,6-8,11H2,1-3H3,(H2,21,23,24). The molecule has 0 saturated carbocycles. The number of ether oxygens (including phenoxy) is 2. The fraction of sp³-hybridized carbons (Fsp3) is 0.400. The zero-order valence-corrected chi connectivity index (χ0v) is 16.8. The van der Waals surface area contributed by atoms with Crippen molar-refractivity contribution in [2.24, 2.45) is 13.0 Å². The molecule has 0 spiro atoms. The number of benzene rings is 1. The van der Waals surface area contributed by atoms with Crippen LogP contribution in [0.25, 0.3) is 11.0 Å². The largest absolute Gasteiger partial charge is 0.496 e. The summed E-state index contributed by atoms with van der Waals surface area (Å²) in [4.78, 5) is 23.1. The van der Waals surface area contributed by atoms with Crippen molar-refractivity contribution in [1.82, 2.24) is 19.7 Å². The van der Waals surface area contributed by atoms with Crippen molar-refractivity contribution in [3.63, 3.8) is 0 Å². The van der Waals surface area contributed by atoms with E-state index in [2.05, 4.69) is 20.0 Å². The van der Waals surface area contributed by atoms with Crippen LogP contribution in [0, 0.1) is 5.92 Å². The highest BCUT2D eigenvalue weighted by Crippen LogP contribution is 2.30. The molecule has 0 amide bonds. The van der Waals surface area contributed by atoms with Crippen LogP contribution >= 0.6 is 0 Å². The summed E-state index contributed by atoms with van der Waals surface area (Å²) in [6.45, 7) is 1.64. The van der Waals surface area contributed by atoms with Gasteiger partial charge in [-0.2, -0.15) is 15.1 Å². The molecule has 3 heterocycles. The van der Waals surface area contributed by atoms with Crippen LogP contribution in [0.15, 0.2) is 24.4 Å². The number of nitrogen functional groups attached to an aromatic ring is 1. The van der Waals surface area contributed by atoms with E-state index in [1.807, 2.05) is 19.2 Å². The predicted molar refractivity (Wildman–Crippen MR) is 109 cm³/mol. The van der Waals surface area contributed by atoms with Crippen LogP contribution in [0.3, 0.4) is 0 Å². The summed E-state index contributed by atoms with van der Waals surface area (Å²) in [5.41, 5.74) is 8.34. The summed E-state index contributed by atoms with van der Waals surface area (Å²) in [6.07, 6.45) is 3.45. The lowest BCUT2D eigenvalue weighted by Gasteiger charge is -2.18. The zero-order valence-electron chi connectivity index (χ0n) is 16.8. The topological polar surface area (TPSA) is 108 Å². The maximum atomic E-state index is 11.9. The van der Waals surface area contributed by atoms with Gasteiger partial charge in [0.05, 0.1) is 31.4 Å². The number of aromatic nitrogens is 4. The minimum Gasteiger partial charge on any atom is -0.496 e. The number of esters is 1. The van der Waals surface area contributed by atoms with E-state index in [0.29, 0.717) is 23.2 Å². The number of aryl methyl sites for hydroxylation is 1. The van der Waals surface area contributed by atoms with E-state index in [1.165, 1.54) is 7.11 Å². The number of carbonyl (C=O) groups is 1. The van der Waals surface area contributed by atoms with Gasteiger partial charge in [-0.15, -0.1) is 0 Å². The van der Waals surface area contributed by atoms with Gasteiger partial charge >= 0.3 is 5.97 Å². The second-order valence-corrected chi connectivity index (χ2v) is 7.24. The van der Waals surface area contributed by atoms with E-state index in [1.54, 1.807) is 24.1 Å². The van der Waals surface area contributed by atoms with Crippen molar-refractivity contribution >= 4 is 28.8 Å². The van der Waals surface area contributed by atoms with E-state index in [9.17, 15) is 4.79 Å². The van der Waals surface area contributed by atoms with Gasteiger partial charge < -0.3 is 20.1 Å². The summed E-state index contributed by atoms with van der Waals surface area (Å²) < 4.78 is 12.0. The van der Waals surface area contributed by atoms with Crippen LogP contribution in [0.2, 0.25) is 0 Å². The third-order valence-electron chi connectivity index (χ3n) is 5.39. The van der Waals surface area contributed by atoms with Gasteiger partial charge in [0.25, 0.3) is 0 Å². The molecule has 2 aromatic heterocycles. The summed E-state index contributed by atoms with van der Waals surface area (Å²) in [7, 11) is 4.86. The third-order valence-corrected chi connectivity index (χ3v) is 5.39. The van der Waals surface area contributed by atoms with Crippen molar-refractivity contribution in [2.45, 2.75) is 12.8 Å². The first kappa shape index (κ1) is 19.0. The molecule has 3 aromatic rings. The Morgan fingerprint density at radius 2 is 2.14 bits per heavy atom. The minimum atomic E-state index is -0.352. The molecular weight excluding hydrogens is 372 g/mol. The summed E-state index contributed by atoms with van der Waals surface area (Å²) in [6, 6.07) is 5.38. The monoisotopic (exact) mass is 396 g/mol. The molecule has 1 atom stereocenters. The van der Waals surface area contributed by atoms with Gasteiger partial charge in [0.1, 0.15) is 11.6 Å². The number of nitrogens with zero attached hydrogens (tertiary/aromatic N) is 5. The number of nitrogens with two attached hydrogens (primary N) is 1. The molecule has 0 radical (unpaired) electrons. The van der Waals surface area contributed by atoms with E-state index in [-0.39, 0.29) is 5.97 Å². The molecule has 1 aromatic carbocycles. The third kappa shape index (κ3) is 3.55. The minimum absolute atomic E-state index is 0.352. The molecule has 2 N–H and O–H groups in total. The lowest BCUT2D eigenvalue weighted by molar-refractivity contribution is 0.0600. The van der Waals surface area contributed by atoms with E-state index < -0.39 is 0 Å². The molecule has 152 valence electrons. The number of hydrogen-bond acceptors (Lipinski definition) is 8. The first-order valence-corrected chi connectivity index (χ1v) is 9.45. The lowest BCUT2D eigenvalue weighted by atomic mass is 9.96. The molecule has 29 heavy (non-hydrogen) atoms. The molecule has 1 fully saturated rings. The van der Waals surface area contributed by atoms with Gasteiger partial charge in [0.15, 0.2) is 5.65 Å². The smallest absolute Gasteiger partial charge is 0.337 e. The SMILES string of the molecule is COC(=O)c1ccc(OC)c(CC2CCN(c3nc(N)c4cnn(C)c4n3)C2)c1. The second kappa shape index (κ2) is 7.57. The Bertz CT molecular complexity index is 1060. The number of carbonyl (C=O) groups excluding carboxylic acids is 1. The zero-order chi connectivity index (χ0) is 20.5. The van der Waals surface area contributed by atoms with Crippen LogP contribution in [0.4, 0.5) is 11.8 Å². The summed E-state index contributed by atoms with van der Waals surface area (Å²) >= 11 is 0. The average molecular weight is 396 g/mol. The Morgan fingerprint density at radius 3 is 2.90 bits per heavy atom. The van der Waals surface area contributed by atoms with Crippen LogP contribution in [-0.4, -0.2) is 53.0 Å². The summed E-state index contributed by atoms with van der Waals surface area (Å²) in [5.74, 6) is 1.86. The molecule has 1 aliphatic heterocycles. The lowest BCUT2D eigenvalue weighted by Crippen LogP contribution is -2.23. The summed E-state index contributed by atoms with van der Waals surface area (Å²) in [5, 5.41) is 4.97. The first-order valence-electron chi connectivity index (χ1n) is 9.45. The number of rotatable bonds is 5. The van der Waals surface area contributed by atoms with E-state index in [0.717, 1.165) is 48.3 Å². The average Bonchev–Trinajstić information content (AvgIpc) is 3.34. The van der Waals surface area contributed by atoms with E-state index >= 15 is 0 Å². The highest BCUT2D eigenvalue weighted by molar-refractivity contribution is 5.89. The highest BCUT2D eigenvalue weighted by Gasteiger charge is 2.27. The van der Waals surface area contributed by atoms with Crippen molar-refractivity contribution in [3.8, 4) is 5.75 Å². The van der Waals surface area contributed by atoms with Crippen molar-refractivity contribution in [1.29, 1.82) is 0 Å². The number of fused-ring (bicyclic) bond motifs is 1. The van der Waals surface area contributed by atoms with Gasteiger partial charge in [-0.05, 0) is 42.5 Å². The van der Waals surface area contributed by atoms with Crippen LogP contribution in [0.1, 0.15) is 22.3 Å². The molecule has 1 aliphatic rings. The molecule has 9 nitrogen and oxygen atoms in total. The van der Waals surface area contributed by atoms with Crippen molar-refractivity contribution in [2.75, 3.05) is 37.9 Å². The molecule has 4 rings (SSSR count). The molecular formula is C20H24N6O3. The Hall–Kier alpha value is -3.36. The Kier molecular flexibility index (Phi) is 4.96. The first-order chi connectivity index (χ1) is 14.0. The van der Waals surface area contributed by atoms with Crippen molar-refractivity contribution in [3.05, 3.63) is 35.5 Å². The predicted octanol–water partition coefficient (Wildman–Crippen LogP) is 1.81. The van der Waals surface area contributed by atoms with Crippen molar-refractivity contribution < 1.29 is 14.3 Å². The van der Waals surface area contributed by atoms with Gasteiger partial charge in [0, 0.05) is 20.1 Å². The van der Waals surface area contributed by atoms with Crippen LogP contribution in [0.5, 0.6) is 5.75 Å². The van der Waals surface area contributed by atoms with Crippen LogP contribution in [-0.2, 0) is 18.2 Å². The Morgan fingerprint density at radius 1 is 1.31 bits per heavy atom. The van der Waals surface area contributed by atoms with E-state index in [4.69, 9.17) is 15.2 Å². The molecule has 0 bridgehead atoms. The molecule has 1 saturated heterocycles. The molecule has 9 heteroatoms. The number of methoxy groups -OCH3 is 2. The maximum absolute atomic E-state index is 11.9. The maximum Gasteiger partial charge on any atom is 0.337 e. The molecule has 1 unspecified atom stereocenters. The van der Waals surface area contributed by atoms with Gasteiger partial charge in [0.2, 0.25) is 5.95 Å². The van der Waals surface area contributed by atoms with Gasteiger partial charge in [-0.3, -0.25) is 4.68 Å². The fourth-order valence-electron chi connectivity index (χ4n) is 3.85. The number of anilines is 2. The Labute approximate surface area is 168 Å². The highest BCUT2D eigenvalue weighted by atomic mass is 16.5. The van der Waals surface area contributed by atoms with Gasteiger partial charge in [-0.1, -0.05) is 0 Å².